The standard InChI is InChI=1S/C68H125N2O7P/c1-7-10-13-16-19-22-25-28-30-31-32-33-34-35-36-37-38-39-41-43-46-49-52-55-58-61-68(72)77-66(59-56-53-50-47-44-27-24-21-18-15-12-9-3)65(64-76-78(73,74)75-63-62-70(4,5)6)69-67(71)60-57-54-51-48-45-42-40-29-26-23-20-17-14-11-8-2/h11,14,17,19-20,22-23,26,28,30,56,59,65-66H,7-10,12-13,15-16,18,21,24-25,27,29,31-55,57-58,60-64H2,1-6H3,(H-,69,71,73,74)/p+1/b14-11+,20-17+,22-19-,26-23+,30-28-,59-56-. The number of allylic oxidation sites excluding steroid dienone is 11. The number of carbonyl (C=O) groups is 2. The first-order valence-electron chi connectivity index (χ1n) is 32.8. The second-order valence-corrected chi connectivity index (χ2v) is 24.8. The van der Waals surface area contributed by atoms with Gasteiger partial charge in [0.15, 0.2) is 0 Å². The van der Waals surface area contributed by atoms with Crippen LogP contribution in [0.3, 0.4) is 0 Å². The largest absolute Gasteiger partial charge is 0.472 e. The van der Waals surface area contributed by atoms with Crippen molar-refractivity contribution in [3.8, 4) is 0 Å². The van der Waals surface area contributed by atoms with Crippen molar-refractivity contribution in [1.29, 1.82) is 0 Å². The van der Waals surface area contributed by atoms with Crippen LogP contribution in [-0.4, -0.2) is 74.3 Å². The van der Waals surface area contributed by atoms with Crippen LogP contribution in [0.15, 0.2) is 72.9 Å². The number of nitrogens with one attached hydrogen (secondary N) is 1. The molecular weight excluding hydrogens is 988 g/mol. The highest BCUT2D eigenvalue weighted by atomic mass is 31.2. The van der Waals surface area contributed by atoms with E-state index in [0.717, 1.165) is 83.5 Å². The number of carbonyl (C=O) groups excluding carboxylic acids is 2. The Morgan fingerprint density at radius 2 is 0.872 bits per heavy atom. The normalized spacial score (nSPS) is 14.1. The lowest BCUT2D eigenvalue weighted by molar-refractivity contribution is -0.870. The molecule has 0 aromatic carbocycles. The van der Waals surface area contributed by atoms with Crippen molar-refractivity contribution >= 4 is 19.7 Å². The first kappa shape index (κ1) is 75.5. The molecule has 0 aromatic heterocycles. The van der Waals surface area contributed by atoms with Crippen molar-refractivity contribution in [1.82, 2.24) is 5.32 Å². The van der Waals surface area contributed by atoms with E-state index in [1.54, 1.807) is 0 Å². The van der Waals surface area contributed by atoms with Gasteiger partial charge in [0.2, 0.25) is 5.91 Å². The lowest BCUT2D eigenvalue weighted by Crippen LogP contribution is -2.47. The second kappa shape index (κ2) is 57.7. The fourth-order valence-corrected chi connectivity index (χ4v) is 10.1. The number of esters is 1. The van der Waals surface area contributed by atoms with E-state index in [1.165, 1.54) is 180 Å². The molecule has 1 amide bonds. The van der Waals surface area contributed by atoms with Gasteiger partial charge >= 0.3 is 13.8 Å². The van der Waals surface area contributed by atoms with E-state index in [2.05, 4.69) is 86.8 Å². The summed E-state index contributed by atoms with van der Waals surface area (Å²) in [6, 6.07) is -0.856. The van der Waals surface area contributed by atoms with E-state index in [-0.39, 0.29) is 31.5 Å². The third-order valence-electron chi connectivity index (χ3n) is 14.4. The van der Waals surface area contributed by atoms with Crippen molar-refractivity contribution < 1.29 is 37.3 Å². The summed E-state index contributed by atoms with van der Waals surface area (Å²) in [7, 11) is 1.49. The van der Waals surface area contributed by atoms with Crippen LogP contribution >= 0.6 is 7.82 Å². The highest BCUT2D eigenvalue weighted by Crippen LogP contribution is 2.43. The molecule has 0 bridgehead atoms. The number of quaternary nitrogens is 1. The molecule has 9 nitrogen and oxygen atoms in total. The van der Waals surface area contributed by atoms with Crippen molar-refractivity contribution in [3.05, 3.63) is 72.9 Å². The summed E-state index contributed by atoms with van der Waals surface area (Å²) in [4.78, 5) is 37.8. The SMILES string of the molecule is CC/C=C/C=C/C=C/CCCCCCCCCC(=O)NC(COP(=O)(O)OCC[N+](C)(C)C)C(/C=C\CCCCCCCCCCCC)OC(=O)CCCCCCCCCCCCCCCCC/C=C\C/C=C\CCCCC. The maximum atomic E-state index is 13.5. The molecule has 10 heteroatoms. The molecule has 0 saturated heterocycles. The average Bonchev–Trinajstić information content (AvgIpc) is 3.40. The highest BCUT2D eigenvalue weighted by Gasteiger charge is 2.30. The summed E-state index contributed by atoms with van der Waals surface area (Å²) in [5, 5.41) is 3.05. The molecule has 0 rings (SSSR count). The number of phosphoric acid groups is 1. The van der Waals surface area contributed by atoms with Crippen LogP contribution in [0.4, 0.5) is 0 Å². The first-order chi connectivity index (χ1) is 37.9. The number of amides is 1. The number of hydrogen-bond acceptors (Lipinski definition) is 6. The molecule has 0 aliphatic rings. The molecule has 2 N–H and O–H groups in total. The average molecular weight is 1110 g/mol. The summed E-state index contributed by atoms with van der Waals surface area (Å²) in [5.74, 6) is -0.513. The molecule has 0 saturated carbocycles. The van der Waals surface area contributed by atoms with Crippen molar-refractivity contribution in [2.45, 2.75) is 309 Å². The zero-order chi connectivity index (χ0) is 57.2. The number of nitrogens with zero attached hydrogens (tertiary/aromatic N) is 1. The Kier molecular flexibility index (Phi) is 55.8. The quantitative estimate of drug-likeness (QED) is 0.0156. The maximum absolute atomic E-state index is 13.5. The number of ether oxygens (including phenoxy) is 1. The van der Waals surface area contributed by atoms with Crippen molar-refractivity contribution in [2.24, 2.45) is 0 Å². The van der Waals surface area contributed by atoms with E-state index in [9.17, 15) is 19.0 Å². The molecule has 454 valence electrons. The lowest BCUT2D eigenvalue weighted by atomic mass is 10.0. The van der Waals surface area contributed by atoms with E-state index in [1.807, 2.05) is 33.3 Å². The molecule has 0 heterocycles. The molecular formula is C68H126N2O7P+. The Morgan fingerprint density at radius 1 is 0.474 bits per heavy atom. The Hall–Kier alpha value is -2.55. The Morgan fingerprint density at radius 3 is 1.35 bits per heavy atom. The lowest BCUT2D eigenvalue weighted by Gasteiger charge is -2.27. The summed E-state index contributed by atoms with van der Waals surface area (Å²) in [6.07, 6.45) is 74.8. The summed E-state index contributed by atoms with van der Waals surface area (Å²) in [6.45, 7) is 6.87. The molecule has 0 aromatic rings. The van der Waals surface area contributed by atoms with Gasteiger partial charge in [-0.1, -0.05) is 274 Å². The van der Waals surface area contributed by atoms with Gasteiger partial charge in [0.1, 0.15) is 19.3 Å². The number of rotatable bonds is 59. The number of unbranched alkanes of at least 4 members (excludes halogenated alkanes) is 35. The first-order valence-corrected chi connectivity index (χ1v) is 34.3. The van der Waals surface area contributed by atoms with Gasteiger partial charge in [0.25, 0.3) is 0 Å². The number of hydrogen-bond donors (Lipinski definition) is 2. The maximum Gasteiger partial charge on any atom is 0.472 e. The monoisotopic (exact) mass is 1110 g/mol. The van der Waals surface area contributed by atoms with Crippen LogP contribution in [0, 0.1) is 0 Å². The molecule has 0 spiro atoms. The summed E-state index contributed by atoms with van der Waals surface area (Å²) < 4.78 is 30.7. The fourth-order valence-electron chi connectivity index (χ4n) is 9.38. The van der Waals surface area contributed by atoms with Gasteiger partial charge in [-0.05, 0) is 83.1 Å². The second-order valence-electron chi connectivity index (χ2n) is 23.3. The predicted octanol–water partition coefficient (Wildman–Crippen LogP) is 20.4. The van der Waals surface area contributed by atoms with Gasteiger partial charge in [-0.15, -0.1) is 0 Å². The van der Waals surface area contributed by atoms with Crippen LogP contribution in [0.5, 0.6) is 0 Å². The minimum Gasteiger partial charge on any atom is -0.456 e. The van der Waals surface area contributed by atoms with E-state index in [0.29, 0.717) is 17.4 Å². The Labute approximate surface area is 483 Å². The number of phosphoric ester groups is 1. The van der Waals surface area contributed by atoms with Crippen LogP contribution in [0.1, 0.15) is 297 Å². The van der Waals surface area contributed by atoms with Crippen LogP contribution in [-0.2, 0) is 27.9 Å². The summed E-state index contributed by atoms with van der Waals surface area (Å²) in [5.41, 5.74) is 0. The molecule has 78 heavy (non-hydrogen) atoms. The zero-order valence-electron chi connectivity index (χ0n) is 51.9. The van der Waals surface area contributed by atoms with Gasteiger partial charge in [0, 0.05) is 12.8 Å². The molecule has 0 aliphatic carbocycles. The van der Waals surface area contributed by atoms with Gasteiger partial charge in [-0.3, -0.25) is 18.6 Å². The third kappa shape index (κ3) is 58.1. The third-order valence-corrected chi connectivity index (χ3v) is 15.4. The minimum absolute atomic E-state index is 0.0362. The van der Waals surface area contributed by atoms with Gasteiger partial charge in [-0.2, -0.15) is 0 Å². The Bertz CT molecular complexity index is 1570. The van der Waals surface area contributed by atoms with Gasteiger partial charge in [-0.25, -0.2) is 4.57 Å². The van der Waals surface area contributed by atoms with Crippen LogP contribution in [0.2, 0.25) is 0 Å². The van der Waals surface area contributed by atoms with Gasteiger partial charge in [0.05, 0.1) is 33.8 Å². The van der Waals surface area contributed by atoms with Crippen molar-refractivity contribution in [2.75, 3.05) is 40.9 Å². The zero-order valence-corrected chi connectivity index (χ0v) is 52.8. The van der Waals surface area contributed by atoms with Gasteiger partial charge < -0.3 is 19.4 Å². The minimum atomic E-state index is -4.45. The Balaban J connectivity index is 5.09. The van der Waals surface area contributed by atoms with E-state index >= 15 is 0 Å². The highest BCUT2D eigenvalue weighted by molar-refractivity contribution is 7.47. The number of likely N-dealkylation sites (N-methyl/N-ethyl adjacent to an activating group) is 1. The van der Waals surface area contributed by atoms with Crippen molar-refractivity contribution in [3.63, 3.8) is 0 Å². The summed E-state index contributed by atoms with van der Waals surface area (Å²) >= 11 is 0. The molecule has 0 radical (unpaired) electrons. The predicted molar refractivity (Wildman–Crippen MR) is 337 cm³/mol. The smallest absolute Gasteiger partial charge is 0.456 e. The van der Waals surface area contributed by atoms with E-state index in [4.69, 9.17) is 13.8 Å². The molecule has 3 atom stereocenters. The van der Waals surface area contributed by atoms with E-state index < -0.39 is 20.0 Å². The van der Waals surface area contributed by atoms with Crippen LogP contribution in [0.25, 0.3) is 0 Å². The fraction of sp³-hybridized carbons (Fsp3) is 0.794. The topological polar surface area (TPSA) is 111 Å². The molecule has 0 aliphatic heterocycles. The molecule has 0 fully saturated rings. The molecule has 3 unspecified atom stereocenters. The van der Waals surface area contributed by atoms with Crippen LogP contribution < -0.4 is 5.32 Å².